The summed E-state index contributed by atoms with van der Waals surface area (Å²) >= 11 is 0. The lowest BCUT2D eigenvalue weighted by Gasteiger charge is -2.35. The van der Waals surface area contributed by atoms with Gasteiger partial charge in [0.2, 0.25) is 0 Å². The third-order valence-electron chi connectivity index (χ3n) is 2.60. The van der Waals surface area contributed by atoms with E-state index in [1.165, 1.54) is 0 Å². The number of hydrogen-bond acceptors (Lipinski definition) is 2. The van der Waals surface area contributed by atoms with Crippen molar-refractivity contribution in [3.05, 3.63) is 0 Å². The largest absolute Gasteiger partial charge is 0.349 e. The fourth-order valence-corrected chi connectivity index (χ4v) is 1.49. The Morgan fingerprint density at radius 3 is 2.00 bits per heavy atom. The Morgan fingerprint density at radius 1 is 1.18 bits per heavy atom. The van der Waals surface area contributed by atoms with E-state index in [4.69, 9.17) is 9.47 Å². The van der Waals surface area contributed by atoms with Crippen LogP contribution in [0.1, 0.15) is 27.2 Å². The summed E-state index contributed by atoms with van der Waals surface area (Å²) in [5.74, 6) is 0.453. The fourth-order valence-electron chi connectivity index (χ4n) is 1.49. The van der Waals surface area contributed by atoms with E-state index >= 15 is 0 Å². The lowest BCUT2D eigenvalue weighted by atomic mass is 9.95. The van der Waals surface area contributed by atoms with Crippen LogP contribution in [0.3, 0.4) is 0 Å². The van der Waals surface area contributed by atoms with Gasteiger partial charge in [0.05, 0.1) is 13.2 Å². The van der Waals surface area contributed by atoms with Gasteiger partial charge in [-0.3, -0.25) is 0 Å². The van der Waals surface area contributed by atoms with Gasteiger partial charge in [0.15, 0.2) is 5.79 Å². The molecule has 0 aromatic rings. The van der Waals surface area contributed by atoms with Crippen molar-refractivity contribution in [1.82, 2.24) is 0 Å². The van der Waals surface area contributed by atoms with Crippen LogP contribution in [0.2, 0.25) is 0 Å². The third-order valence-corrected chi connectivity index (χ3v) is 2.60. The molecule has 1 heterocycles. The van der Waals surface area contributed by atoms with Gasteiger partial charge in [0.25, 0.3) is 0 Å². The minimum atomic E-state index is -0.157. The van der Waals surface area contributed by atoms with Crippen LogP contribution in [-0.4, -0.2) is 19.0 Å². The van der Waals surface area contributed by atoms with Crippen LogP contribution in [0, 0.1) is 11.3 Å². The standard InChI is InChI=1S/C9H16O2/c1-7-4-9(7)10-5-8(2,3)6-11-9/h7H,4-6H2,1-3H3/t7-/m1/s1. The molecule has 1 spiro atoms. The summed E-state index contributed by atoms with van der Waals surface area (Å²) < 4.78 is 11.4. The smallest absolute Gasteiger partial charge is 0.171 e. The molecule has 2 aliphatic rings. The lowest BCUT2D eigenvalue weighted by molar-refractivity contribution is -0.249. The highest BCUT2D eigenvalue weighted by Gasteiger charge is 2.57. The SMILES string of the molecule is C[C@@H]1CC12OCC(C)(C)CO2. The highest BCUT2D eigenvalue weighted by molar-refractivity contribution is 4.97. The van der Waals surface area contributed by atoms with Crippen LogP contribution in [-0.2, 0) is 9.47 Å². The van der Waals surface area contributed by atoms with E-state index in [0.717, 1.165) is 19.6 Å². The molecule has 0 amide bonds. The van der Waals surface area contributed by atoms with Crippen LogP contribution < -0.4 is 0 Å². The molecule has 2 heteroatoms. The second-order valence-electron chi connectivity index (χ2n) is 4.66. The van der Waals surface area contributed by atoms with Crippen LogP contribution >= 0.6 is 0 Å². The summed E-state index contributed by atoms with van der Waals surface area (Å²) in [6.07, 6.45) is 1.09. The van der Waals surface area contributed by atoms with E-state index in [0.29, 0.717) is 5.92 Å². The molecule has 0 aromatic heterocycles. The van der Waals surface area contributed by atoms with Gasteiger partial charge in [-0.2, -0.15) is 0 Å². The zero-order chi connectivity index (χ0) is 8.11. The van der Waals surface area contributed by atoms with Gasteiger partial charge in [0, 0.05) is 17.8 Å². The summed E-state index contributed by atoms with van der Waals surface area (Å²) in [4.78, 5) is 0. The maximum atomic E-state index is 5.68. The summed E-state index contributed by atoms with van der Waals surface area (Å²) in [6, 6.07) is 0. The molecule has 0 N–H and O–H groups in total. The highest BCUT2D eigenvalue weighted by atomic mass is 16.7. The zero-order valence-electron chi connectivity index (χ0n) is 7.52. The molecule has 2 nitrogen and oxygen atoms in total. The van der Waals surface area contributed by atoms with Crippen molar-refractivity contribution in [3.8, 4) is 0 Å². The minimum Gasteiger partial charge on any atom is -0.349 e. The van der Waals surface area contributed by atoms with E-state index in [1.807, 2.05) is 0 Å². The Labute approximate surface area is 67.9 Å². The minimum absolute atomic E-state index is 0.157. The number of ether oxygens (including phenoxy) is 2. The first kappa shape index (κ1) is 7.56. The van der Waals surface area contributed by atoms with Crippen molar-refractivity contribution in [1.29, 1.82) is 0 Å². The van der Waals surface area contributed by atoms with Gasteiger partial charge in [-0.15, -0.1) is 0 Å². The van der Waals surface area contributed by atoms with Crippen molar-refractivity contribution in [2.45, 2.75) is 33.0 Å². The molecule has 1 aliphatic heterocycles. The van der Waals surface area contributed by atoms with Crippen LogP contribution in [0.15, 0.2) is 0 Å². The van der Waals surface area contributed by atoms with Gasteiger partial charge in [-0.25, -0.2) is 0 Å². The predicted octanol–water partition coefficient (Wildman–Crippen LogP) is 1.80. The third kappa shape index (κ3) is 1.18. The van der Waals surface area contributed by atoms with E-state index in [9.17, 15) is 0 Å². The van der Waals surface area contributed by atoms with Crippen molar-refractivity contribution in [2.75, 3.05) is 13.2 Å². The van der Waals surface area contributed by atoms with Gasteiger partial charge < -0.3 is 9.47 Å². The van der Waals surface area contributed by atoms with Crippen molar-refractivity contribution < 1.29 is 9.47 Å². The predicted molar refractivity (Wildman–Crippen MR) is 42.2 cm³/mol. The molecule has 0 aromatic carbocycles. The average molecular weight is 156 g/mol. The fraction of sp³-hybridized carbons (Fsp3) is 1.00. The number of hydrogen-bond donors (Lipinski definition) is 0. The number of rotatable bonds is 0. The van der Waals surface area contributed by atoms with Gasteiger partial charge in [0.1, 0.15) is 0 Å². The first-order chi connectivity index (χ1) is 5.04. The first-order valence-corrected chi connectivity index (χ1v) is 4.32. The Hall–Kier alpha value is -0.0800. The van der Waals surface area contributed by atoms with Gasteiger partial charge >= 0.3 is 0 Å². The van der Waals surface area contributed by atoms with Crippen molar-refractivity contribution in [2.24, 2.45) is 11.3 Å². The lowest BCUT2D eigenvalue weighted by Crippen LogP contribution is -2.39. The van der Waals surface area contributed by atoms with Gasteiger partial charge in [-0.05, 0) is 0 Å². The van der Waals surface area contributed by atoms with E-state index in [2.05, 4.69) is 20.8 Å². The van der Waals surface area contributed by atoms with Crippen LogP contribution in [0.25, 0.3) is 0 Å². The van der Waals surface area contributed by atoms with E-state index < -0.39 is 0 Å². The highest BCUT2D eigenvalue weighted by Crippen LogP contribution is 2.51. The molecular weight excluding hydrogens is 140 g/mol. The molecule has 0 unspecified atom stereocenters. The van der Waals surface area contributed by atoms with Gasteiger partial charge in [-0.1, -0.05) is 20.8 Å². The second-order valence-corrected chi connectivity index (χ2v) is 4.66. The van der Waals surface area contributed by atoms with E-state index in [1.54, 1.807) is 0 Å². The summed E-state index contributed by atoms with van der Waals surface area (Å²) in [7, 11) is 0. The molecule has 64 valence electrons. The van der Waals surface area contributed by atoms with E-state index in [-0.39, 0.29) is 11.2 Å². The molecule has 0 radical (unpaired) electrons. The van der Waals surface area contributed by atoms with Crippen molar-refractivity contribution in [3.63, 3.8) is 0 Å². The molecule has 11 heavy (non-hydrogen) atoms. The quantitative estimate of drug-likeness (QED) is 0.532. The van der Waals surface area contributed by atoms with Crippen molar-refractivity contribution >= 4 is 0 Å². The summed E-state index contributed by atoms with van der Waals surface area (Å²) in [6.45, 7) is 8.22. The molecule has 1 saturated carbocycles. The Kier molecular flexibility index (Phi) is 1.37. The molecule has 1 saturated heterocycles. The first-order valence-electron chi connectivity index (χ1n) is 4.32. The molecule has 0 bridgehead atoms. The molecule has 1 atom stereocenters. The molecule has 2 rings (SSSR count). The Balaban J connectivity index is 1.96. The Bertz CT molecular complexity index is 164. The summed E-state index contributed by atoms with van der Waals surface area (Å²) in [5, 5.41) is 0. The normalized spacial score (nSPS) is 39.0. The molecular formula is C9H16O2. The molecule has 1 aliphatic carbocycles. The summed E-state index contributed by atoms with van der Waals surface area (Å²) in [5.41, 5.74) is 0.216. The Morgan fingerprint density at radius 2 is 1.64 bits per heavy atom. The topological polar surface area (TPSA) is 18.5 Å². The average Bonchev–Trinajstić information content (AvgIpc) is 2.54. The maximum absolute atomic E-state index is 5.68. The maximum Gasteiger partial charge on any atom is 0.171 e. The van der Waals surface area contributed by atoms with Crippen LogP contribution in [0.4, 0.5) is 0 Å². The zero-order valence-corrected chi connectivity index (χ0v) is 7.52. The molecule has 2 fully saturated rings. The second kappa shape index (κ2) is 1.99. The van der Waals surface area contributed by atoms with Crippen LogP contribution in [0.5, 0.6) is 0 Å². The monoisotopic (exact) mass is 156 g/mol.